The van der Waals surface area contributed by atoms with Gasteiger partial charge in [-0.2, -0.15) is 5.26 Å². The highest BCUT2D eigenvalue weighted by molar-refractivity contribution is 5.84. The summed E-state index contributed by atoms with van der Waals surface area (Å²) >= 11 is 0. The number of pyridine rings is 1. The third-order valence-corrected chi connectivity index (χ3v) is 5.68. The van der Waals surface area contributed by atoms with Gasteiger partial charge in [0.25, 0.3) is 0 Å². The lowest BCUT2D eigenvalue weighted by atomic mass is 10.1. The minimum atomic E-state index is -0.280. The van der Waals surface area contributed by atoms with Crippen LogP contribution in [-0.4, -0.2) is 29.2 Å². The van der Waals surface area contributed by atoms with E-state index in [0.717, 1.165) is 43.1 Å². The van der Waals surface area contributed by atoms with Gasteiger partial charge in [0.2, 0.25) is 0 Å². The van der Waals surface area contributed by atoms with E-state index in [4.69, 9.17) is 4.74 Å². The van der Waals surface area contributed by atoms with E-state index in [1.807, 2.05) is 48.5 Å². The van der Waals surface area contributed by atoms with Crippen LogP contribution in [0.25, 0.3) is 10.9 Å². The van der Waals surface area contributed by atoms with Crippen LogP contribution in [0.3, 0.4) is 0 Å². The van der Waals surface area contributed by atoms with Gasteiger partial charge in [0, 0.05) is 55.0 Å². The number of halogens is 1. The van der Waals surface area contributed by atoms with E-state index in [9.17, 15) is 9.65 Å². The molecule has 6 nitrogen and oxygen atoms in total. The molecule has 160 valence electrons. The van der Waals surface area contributed by atoms with Gasteiger partial charge in [-0.15, -0.1) is 0 Å². The second-order valence-corrected chi connectivity index (χ2v) is 7.85. The van der Waals surface area contributed by atoms with Crippen molar-refractivity contribution < 1.29 is 9.13 Å². The Balaban J connectivity index is 1.30. The van der Waals surface area contributed by atoms with Gasteiger partial charge in [-0.25, -0.2) is 9.37 Å². The van der Waals surface area contributed by atoms with Crippen molar-refractivity contribution in [3.63, 3.8) is 0 Å². The summed E-state index contributed by atoms with van der Waals surface area (Å²) < 4.78 is 19.8. The van der Waals surface area contributed by atoms with Crippen LogP contribution in [0.4, 0.5) is 21.6 Å². The first-order valence-corrected chi connectivity index (χ1v) is 10.6. The molecule has 4 aromatic rings. The standard InChI is InChI=1S/C25H22FN5O/c26-23-16-28-24-13-17(6-7-22(23)24)29-25-14-19(12-18(15-27)30-25)31-10-8-21(9-11-31)32-20-4-2-1-3-5-20/h1-7,12-14,16,21,28H,8-11H2,(H,29,30). The highest BCUT2D eigenvalue weighted by Gasteiger charge is 2.22. The zero-order valence-electron chi connectivity index (χ0n) is 17.4. The Hall–Kier alpha value is -4.05. The molecule has 1 saturated heterocycles. The van der Waals surface area contributed by atoms with Crippen molar-refractivity contribution in [1.29, 1.82) is 5.26 Å². The van der Waals surface area contributed by atoms with E-state index >= 15 is 0 Å². The summed E-state index contributed by atoms with van der Waals surface area (Å²) in [6, 6.07) is 21.1. The summed E-state index contributed by atoms with van der Waals surface area (Å²) in [6.45, 7) is 1.67. The number of aromatic amines is 1. The number of ether oxygens (including phenoxy) is 1. The molecule has 0 spiro atoms. The lowest BCUT2D eigenvalue weighted by Crippen LogP contribution is -2.38. The van der Waals surface area contributed by atoms with E-state index < -0.39 is 0 Å². The Labute approximate surface area is 185 Å². The summed E-state index contributed by atoms with van der Waals surface area (Å²) in [7, 11) is 0. The first-order chi connectivity index (χ1) is 15.7. The number of nitrogens with zero attached hydrogens (tertiary/aromatic N) is 3. The van der Waals surface area contributed by atoms with E-state index in [1.54, 1.807) is 12.1 Å². The number of rotatable bonds is 5. The van der Waals surface area contributed by atoms with Crippen molar-refractivity contribution in [2.24, 2.45) is 0 Å². The van der Waals surface area contributed by atoms with E-state index in [1.165, 1.54) is 6.20 Å². The molecule has 0 amide bonds. The quantitative estimate of drug-likeness (QED) is 0.448. The van der Waals surface area contributed by atoms with Gasteiger partial charge in [-0.05, 0) is 36.4 Å². The number of anilines is 3. The van der Waals surface area contributed by atoms with Gasteiger partial charge in [-0.1, -0.05) is 18.2 Å². The fourth-order valence-electron chi connectivity index (χ4n) is 4.06. The summed E-state index contributed by atoms with van der Waals surface area (Å²) in [5, 5.41) is 13.3. The Kier molecular flexibility index (Phi) is 5.34. The molecule has 0 atom stereocenters. The van der Waals surface area contributed by atoms with Gasteiger partial charge >= 0.3 is 0 Å². The molecule has 32 heavy (non-hydrogen) atoms. The smallest absolute Gasteiger partial charge is 0.148 e. The van der Waals surface area contributed by atoms with Crippen LogP contribution in [0.2, 0.25) is 0 Å². The maximum absolute atomic E-state index is 13.7. The van der Waals surface area contributed by atoms with Crippen LogP contribution in [0.15, 0.2) is 66.9 Å². The molecule has 2 aromatic heterocycles. The summed E-state index contributed by atoms with van der Waals surface area (Å²) in [6.07, 6.45) is 3.32. The molecule has 2 N–H and O–H groups in total. The number of piperidine rings is 1. The van der Waals surface area contributed by atoms with Gasteiger partial charge in [0.15, 0.2) is 0 Å². The first kappa shape index (κ1) is 19.9. The topological polar surface area (TPSA) is 77.0 Å². The molecule has 5 rings (SSSR count). The molecule has 1 aliphatic heterocycles. The highest BCUT2D eigenvalue weighted by Crippen LogP contribution is 2.28. The average Bonchev–Trinajstić information content (AvgIpc) is 3.20. The Bertz CT molecular complexity index is 1270. The number of H-pyrrole nitrogens is 1. The van der Waals surface area contributed by atoms with E-state index in [2.05, 4.69) is 26.3 Å². The number of aromatic nitrogens is 2. The van der Waals surface area contributed by atoms with Crippen molar-refractivity contribution in [3.8, 4) is 11.8 Å². The number of hydrogen-bond acceptors (Lipinski definition) is 5. The minimum absolute atomic E-state index is 0.177. The fourth-order valence-corrected chi connectivity index (χ4v) is 4.06. The Morgan fingerprint density at radius 3 is 2.69 bits per heavy atom. The van der Waals surface area contributed by atoms with Crippen molar-refractivity contribution in [2.45, 2.75) is 18.9 Å². The lowest BCUT2D eigenvalue weighted by molar-refractivity contribution is 0.171. The number of benzene rings is 2. The van der Waals surface area contributed by atoms with Crippen LogP contribution >= 0.6 is 0 Å². The van der Waals surface area contributed by atoms with E-state index in [0.29, 0.717) is 22.4 Å². The summed E-state index contributed by atoms with van der Waals surface area (Å²) in [5.74, 6) is 1.19. The Morgan fingerprint density at radius 2 is 1.91 bits per heavy atom. The van der Waals surface area contributed by atoms with Gasteiger partial charge in [-0.3, -0.25) is 0 Å². The van der Waals surface area contributed by atoms with Crippen LogP contribution in [0.5, 0.6) is 5.75 Å². The van der Waals surface area contributed by atoms with Crippen molar-refractivity contribution in [1.82, 2.24) is 9.97 Å². The molecule has 0 radical (unpaired) electrons. The van der Waals surface area contributed by atoms with Crippen molar-refractivity contribution >= 4 is 28.1 Å². The van der Waals surface area contributed by atoms with Crippen molar-refractivity contribution in [2.75, 3.05) is 23.3 Å². The summed E-state index contributed by atoms with van der Waals surface area (Å²) in [4.78, 5) is 9.56. The van der Waals surface area contributed by atoms with Crippen LogP contribution in [0, 0.1) is 17.1 Å². The van der Waals surface area contributed by atoms with Crippen LogP contribution in [-0.2, 0) is 0 Å². The third-order valence-electron chi connectivity index (χ3n) is 5.68. The molecule has 0 bridgehead atoms. The molecule has 2 aromatic carbocycles. The average molecular weight is 427 g/mol. The molecule has 0 unspecified atom stereocenters. The first-order valence-electron chi connectivity index (χ1n) is 10.6. The normalized spacial score (nSPS) is 14.3. The Morgan fingerprint density at radius 1 is 1.09 bits per heavy atom. The second-order valence-electron chi connectivity index (χ2n) is 7.85. The molecule has 0 saturated carbocycles. The molecule has 1 aliphatic rings. The van der Waals surface area contributed by atoms with Crippen molar-refractivity contribution in [3.05, 3.63) is 78.4 Å². The maximum Gasteiger partial charge on any atom is 0.148 e. The van der Waals surface area contributed by atoms with E-state index in [-0.39, 0.29) is 11.9 Å². The number of nitriles is 1. The number of nitrogens with one attached hydrogen (secondary N) is 2. The third kappa shape index (κ3) is 4.21. The maximum atomic E-state index is 13.7. The zero-order chi connectivity index (χ0) is 21.9. The van der Waals surface area contributed by atoms with Crippen LogP contribution in [0.1, 0.15) is 18.5 Å². The largest absolute Gasteiger partial charge is 0.490 e. The molecular formula is C25H22FN5O. The lowest BCUT2D eigenvalue weighted by Gasteiger charge is -2.34. The molecule has 0 aliphatic carbocycles. The van der Waals surface area contributed by atoms with Gasteiger partial charge in [0.05, 0.1) is 5.52 Å². The van der Waals surface area contributed by atoms with Gasteiger partial charge < -0.3 is 19.9 Å². The molecule has 3 heterocycles. The minimum Gasteiger partial charge on any atom is -0.490 e. The predicted molar refractivity (Wildman–Crippen MR) is 123 cm³/mol. The second kappa shape index (κ2) is 8.60. The van der Waals surface area contributed by atoms with Crippen LogP contribution < -0.4 is 15.0 Å². The number of para-hydroxylation sites is 1. The highest BCUT2D eigenvalue weighted by atomic mass is 19.1. The number of hydrogen-bond donors (Lipinski definition) is 2. The monoisotopic (exact) mass is 427 g/mol. The fraction of sp³-hybridized carbons (Fsp3) is 0.200. The molecule has 1 fully saturated rings. The molecule has 7 heteroatoms. The number of fused-ring (bicyclic) bond motifs is 1. The zero-order valence-corrected chi connectivity index (χ0v) is 17.4. The summed E-state index contributed by atoms with van der Waals surface area (Å²) in [5.41, 5.74) is 2.76. The SMILES string of the molecule is N#Cc1cc(N2CCC(Oc3ccccc3)CC2)cc(Nc2ccc3c(F)c[nH]c3c2)n1. The molecular weight excluding hydrogens is 405 g/mol. The predicted octanol–water partition coefficient (Wildman–Crippen LogP) is 5.37. The van der Waals surface area contributed by atoms with Gasteiger partial charge in [0.1, 0.15) is 35.3 Å².